The van der Waals surface area contributed by atoms with Crippen LogP contribution >= 0.6 is 0 Å². The molecule has 5 heteroatoms. The first-order valence-corrected chi connectivity index (χ1v) is 9.74. The van der Waals surface area contributed by atoms with Crippen molar-refractivity contribution in [1.29, 1.82) is 0 Å². The van der Waals surface area contributed by atoms with Gasteiger partial charge in [-0.25, -0.2) is 0 Å². The lowest BCUT2D eigenvalue weighted by Gasteiger charge is -2.15. The van der Waals surface area contributed by atoms with E-state index < -0.39 is 0 Å². The SMILES string of the molecule is Cc1ccc(CCN2CC(c3nc(-c4ccc(C)c(C)c4)no3)CC2=O)cc1. The molecule has 28 heavy (non-hydrogen) atoms. The van der Waals surface area contributed by atoms with Crippen LogP contribution in [-0.2, 0) is 11.2 Å². The molecule has 2 heterocycles. The summed E-state index contributed by atoms with van der Waals surface area (Å²) in [6.07, 6.45) is 1.29. The summed E-state index contributed by atoms with van der Waals surface area (Å²) in [5.41, 5.74) is 5.87. The van der Waals surface area contributed by atoms with Crippen molar-refractivity contribution in [3.8, 4) is 11.4 Å². The van der Waals surface area contributed by atoms with E-state index in [1.165, 1.54) is 22.3 Å². The van der Waals surface area contributed by atoms with Crippen LogP contribution in [0.25, 0.3) is 11.4 Å². The highest BCUT2D eigenvalue weighted by Crippen LogP contribution is 2.29. The molecule has 5 nitrogen and oxygen atoms in total. The number of hydrogen-bond donors (Lipinski definition) is 0. The van der Waals surface area contributed by atoms with Gasteiger partial charge in [0.1, 0.15) is 0 Å². The molecular weight excluding hydrogens is 350 g/mol. The first-order chi connectivity index (χ1) is 13.5. The Morgan fingerprint density at radius 2 is 1.86 bits per heavy atom. The summed E-state index contributed by atoms with van der Waals surface area (Å²) in [6.45, 7) is 7.59. The number of hydrogen-bond acceptors (Lipinski definition) is 4. The average molecular weight is 375 g/mol. The van der Waals surface area contributed by atoms with Gasteiger partial charge in [0.2, 0.25) is 17.6 Å². The Balaban J connectivity index is 1.41. The minimum atomic E-state index is -0.0293. The zero-order valence-corrected chi connectivity index (χ0v) is 16.6. The zero-order chi connectivity index (χ0) is 19.7. The molecule has 4 rings (SSSR count). The van der Waals surface area contributed by atoms with Gasteiger partial charge in [-0.15, -0.1) is 0 Å². The number of carbonyl (C=O) groups excluding carboxylic acids is 1. The molecule has 0 N–H and O–H groups in total. The maximum absolute atomic E-state index is 12.4. The number of likely N-dealkylation sites (tertiary alicyclic amines) is 1. The number of nitrogens with zero attached hydrogens (tertiary/aromatic N) is 3. The second-order valence-electron chi connectivity index (χ2n) is 7.73. The Labute approximate surface area is 165 Å². The molecule has 3 aromatic rings. The monoisotopic (exact) mass is 375 g/mol. The van der Waals surface area contributed by atoms with Gasteiger partial charge in [0.15, 0.2) is 0 Å². The van der Waals surface area contributed by atoms with E-state index in [0.29, 0.717) is 24.7 Å². The molecule has 2 aromatic carbocycles. The van der Waals surface area contributed by atoms with Gasteiger partial charge in [-0.3, -0.25) is 4.79 Å². The fraction of sp³-hybridized carbons (Fsp3) is 0.348. The van der Waals surface area contributed by atoms with Crippen molar-refractivity contribution in [3.63, 3.8) is 0 Å². The summed E-state index contributed by atoms with van der Waals surface area (Å²) < 4.78 is 5.51. The molecule has 1 aromatic heterocycles. The first-order valence-electron chi connectivity index (χ1n) is 9.74. The van der Waals surface area contributed by atoms with E-state index in [4.69, 9.17) is 4.52 Å². The molecule has 1 atom stereocenters. The second-order valence-corrected chi connectivity index (χ2v) is 7.73. The molecule has 1 aliphatic heterocycles. The van der Waals surface area contributed by atoms with E-state index in [1.807, 2.05) is 11.0 Å². The van der Waals surface area contributed by atoms with Crippen molar-refractivity contribution in [3.05, 3.63) is 70.6 Å². The lowest BCUT2D eigenvalue weighted by Crippen LogP contribution is -2.27. The fourth-order valence-corrected chi connectivity index (χ4v) is 3.57. The van der Waals surface area contributed by atoms with Crippen molar-refractivity contribution in [2.45, 2.75) is 39.5 Å². The van der Waals surface area contributed by atoms with Crippen LogP contribution in [0.4, 0.5) is 0 Å². The molecule has 1 saturated heterocycles. The molecular formula is C23H25N3O2. The summed E-state index contributed by atoms with van der Waals surface area (Å²) in [7, 11) is 0. The van der Waals surface area contributed by atoms with Crippen LogP contribution in [-0.4, -0.2) is 34.0 Å². The number of aryl methyl sites for hydroxylation is 3. The Morgan fingerprint density at radius 3 is 2.61 bits per heavy atom. The largest absolute Gasteiger partial charge is 0.342 e. The molecule has 0 spiro atoms. The Bertz CT molecular complexity index is 991. The van der Waals surface area contributed by atoms with Gasteiger partial charge in [0, 0.05) is 25.1 Å². The van der Waals surface area contributed by atoms with Gasteiger partial charge in [-0.05, 0) is 49.9 Å². The summed E-state index contributed by atoms with van der Waals surface area (Å²) in [6, 6.07) is 14.6. The third-order valence-electron chi connectivity index (χ3n) is 5.56. The molecule has 1 unspecified atom stereocenters. The number of benzene rings is 2. The summed E-state index contributed by atoms with van der Waals surface area (Å²) in [4.78, 5) is 18.9. The molecule has 0 radical (unpaired) electrons. The van der Waals surface area contributed by atoms with E-state index in [2.05, 4.69) is 67.3 Å². The van der Waals surface area contributed by atoms with Gasteiger partial charge in [-0.1, -0.05) is 47.1 Å². The standard InChI is InChI=1S/C23H25N3O2/c1-15-4-7-18(8-5-15)10-11-26-14-20(13-21(26)27)23-24-22(25-28-23)19-9-6-16(2)17(3)12-19/h4-9,12,20H,10-11,13-14H2,1-3H3. The first kappa shape index (κ1) is 18.4. The van der Waals surface area contributed by atoms with Gasteiger partial charge in [0.05, 0.1) is 5.92 Å². The maximum Gasteiger partial charge on any atom is 0.232 e. The third-order valence-corrected chi connectivity index (χ3v) is 5.56. The highest BCUT2D eigenvalue weighted by Gasteiger charge is 2.34. The smallest absolute Gasteiger partial charge is 0.232 e. The topological polar surface area (TPSA) is 59.2 Å². The number of rotatable bonds is 5. The Kier molecular flexibility index (Phi) is 4.99. The van der Waals surface area contributed by atoms with Gasteiger partial charge < -0.3 is 9.42 Å². The van der Waals surface area contributed by atoms with E-state index in [-0.39, 0.29) is 11.8 Å². The number of amides is 1. The van der Waals surface area contributed by atoms with Crippen LogP contribution in [0.2, 0.25) is 0 Å². The van der Waals surface area contributed by atoms with E-state index >= 15 is 0 Å². The quantitative estimate of drug-likeness (QED) is 0.670. The van der Waals surface area contributed by atoms with Crippen LogP contribution < -0.4 is 0 Å². The molecule has 0 saturated carbocycles. The van der Waals surface area contributed by atoms with Crippen molar-refractivity contribution < 1.29 is 9.32 Å². The van der Waals surface area contributed by atoms with Crippen molar-refractivity contribution in [1.82, 2.24) is 15.0 Å². The highest BCUT2D eigenvalue weighted by atomic mass is 16.5. The number of aromatic nitrogens is 2. The predicted octanol–water partition coefficient (Wildman–Crippen LogP) is 4.22. The predicted molar refractivity (Wildman–Crippen MR) is 108 cm³/mol. The van der Waals surface area contributed by atoms with Gasteiger partial charge in [-0.2, -0.15) is 4.98 Å². The lowest BCUT2D eigenvalue weighted by molar-refractivity contribution is -0.127. The van der Waals surface area contributed by atoms with E-state index in [9.17, 15) is 4.79 Å². The Hall–Kier alpha value is -2.95. The molecule has 0 aliphatic carbocycles. The molecule has 1 fully saturated rings. The van der Waals surface area contributed by atoms with Gasteiger partial charge >= 0.3 is 0 Å². The molecule has 1 amide bonds. The lowest BCUT2D eigenvalue weighted by atomic mass is 10.1. The second kappa shape index (κ2) is 7.58. The molecule has 0 bridgehead atoms. The van der Waals surface area contributed by atoms with Crippen molar-refractivity contribution in [2.24, 2.45) is 0 Å². The minimum Gasteiger partial charge on any atom is -0.342 e. The summed E-state index contributed by atoms with van der Waals surface area (Å²) in [5, 5.41) is 4.14. The van der Waals surface area contributed by atoms with E-state index in [1.54, 1.807) is 0 Å². The average Bonchev–Trinajstić information content (AvgIpc) is 3.31. The molecule has 1 aliphatic rings. The fourth-order valence-electron chi connectivity index (χ4n) is 3.57. The highest BCUT2D eigenvalue weighted by molar-refractivity contribution is 5.79. The summed E-state index contributed by atoms with van der Waals surface area (Å²) in [5.74, 6) is 1.27. The van der Waals surface area contributed by atoms with Crippen molar-refractivity contribution in [2.75, 3.05) is 13.1 Å². The maximum atomic E-state index is 12.4. The van der Waals surface area contributed by atoms with Crippen LogP contribution in [0, 0.1) is 20.8 Å². The van der Waals surface area contributed by atoms with Crippen LogP contribution in [0.5, 0.6) is 0 Å². The minimum absolute atomic E-state index is 0.0293. The van der Waals surface area contributed by atoms with Crippen LogP contribution in [0.3, 0.4) is 0 Å². The third kappa shape index (κ3) is 3.84. The van der Waals surface area contributed by atoms with E-state index in [0.717, 1.165) is 18.5 Å². The van der Waals surface area contributed by atoms with Crippen LogP contribution in [0.15, 0.2) is 47.0 Å². The molecule has 144 valence electrons. The summed E-state index contributed by atoms with van der Waals surface area (Å²) >= 11 is 0. The Morgan fingerprint density at radius 1 is 1.07 bits per heavy atom. The van der Waals surface area contributed by atoms with Crippen LogP contribution in [0.1, 0.15) is 40.5 Å². The van der Waals surface area contributed by atoms with Gasteiger partial charge in [0.25, 0.3) is 0 Å². The zero-order valence-electron chi connectivity index (χ0n) is 16.6. The number of carbonyl (C=O) groups is 1. The normalized spacial score (nSPS) is 16.8. The van der Waals surface area contributed by atoms with Crippen molar-refractivity contribution >= 4 is 5.91 Å².